The van der Waals surface area contributed by atoms with Crippen molar-refractivity contribution in [2.24, 2.45) is 0 Å². The van der Waals surface area contributed by atoms with E-state index in [1.54, 1.807) is 0 Å². The van der Waals surface area contributed by atoms with E-state index < -0.39 is 5.60 Å². The molecule has 1 saturated heterocycles. The molecule has 1 amide bonds. The Morgan fingerprint density at radius 3 is 2.82 bits per heavy atom. The molecule has 0 bridgehead atoms. The summed E-state index contributed by atoms with van der Waals surface area (Å²) in [7, 11) is 0. The summed E-state index contributed by atoms with van der Waals surface area (Å²) < 4.78 is 6.49. The summed E-state index contributed by atoms with van der Waals surface area (Å²) in [5, 5.41) is 6.06. The number of piperidine rings is 1. The fourth-order valence-electron chi connectivity index (χ4n) is 2.59. The Balaban J connectivity index is 2.13. The van der Waals surface area contributed by atoms with Gasteiger partial charge >= 0.3 is 6.09 Å². The predicted octanol–water partition coefficient (Wildman–Crippen LogP) is 2.59. The summed E-state index contributed by atoms with van der Waals surface area (Å²) >= 11 is 3.47. The van der Waals surface area contributed by atoms with Crippen LogP contribution in [0.5, 0.6) is 0 Å². The van der Waals surface area contributed by atoms with Gasteiger partial charge in [-0.15, -0.1) is 0 Å². The van der Waals surface area contributed by atoms with Crippen LogP contribution in [0.1, 0.15) is 18.4 Å². The molecule has 1 spiro atoms. The summed E-state index contributed by atoms with van der Waals surface area (Å²) in [5.74, 6) is 0. The largest absolute Gasteiger partial charge is 0.438 e. The van der Waals surface area contributed by atoms with Crippen LogP contribution in [0.2, 0.25) is 0 Å². The van der Waals surface area contributed by atoms with Crippen LogP contribution in [0.4, 0.5) is 10.5 Å². The van der Waals surface area contributed by atoms with Crippen molar-refractivity contribution in [2.45, 2.75) is 18.4 Å². The first-order chi connectivity index (χ1) is 8.21. The second-order valence-electron chi connectivity index (χ2n) is 4.42. The number of carbonyl (C=O) groups is 1. The van der Waals surface area contributed by atoms with Gasteiger partial charge in [-0.3, -0.25) is 5.32 Å². The van der Waals surface area contributed by atoms with Gasteiger partial charge in [-0.05, 0) is 35.1 Å². The maximum Gasteiger partial charge on any atom is 0.412 e. The molecule has 17 heavy (non-hydrogen) atoms. The molecule has 0 aliphatic carbocycles. The lowest BCUT2D eigenvalue weighted by atomic mass is 9.83. The Morgan fingerprint density at radius 1 is 1.29 bits per heavy atom. The van der Waals surface area contributed by atoms with Crippen molar-refractivity contribution in [3.63, 3.8) is 0 Å². The molecule has 0 radical (unpaired) electrons. The molecule has 2 aliphatic heterocycles. The summed E-state index contributed by atoms with van der Waals surface area (Å²) in [5.41, 5.74) is 1.48. The zero-order chi connectivity index (χ0) is 11.9. The number of ether oxygens (including phenoxy) is 1. The fourth-order valence-corrected chi connectivity index (χ4v) is 3.06. The van der Waals surface area contributed by atoms with Crippen LogP contribution in [0.15, 0.2) is 22.7 Å². The Kier molecular flexibility index (Phi) is 2.60. The van der Waals surface area contributed by atoms with Crippen molar-refractivity contribution in [3.05, 3.63) is 28.2 Å². The Bertz CT molecular complexity index is 470. The first-order valence-electron chi connectivity index (χ1n) is 5.71. The molecule has 2 aliphatic rings. The standard InChI is InChI=1S/C12H13BrN2O2/c13-9-3-1-2-8-10(9)15-11(16)17-12(8)4-6-14-7-5-12/h1-3,14H,4-7H2,(H,15,16). The van der Waals surface area contributed by atoms with E-state index in [-0.39, 0.29) is 6.09 Å². The minimum Gasteiger partial charge on any atom is -0.438 e. The van der Waals surface area contributed by atoms with E-state index in [1.807, 2.05) is 18.2 Å². The van der Waals surface area contributed by atoms with Gasteiger partial charge in [-0.1, -0.05) is 12.1 Å². The molecule has 90 valence electrons. The van der Waals surface area contributed by atoms with Crippen molar-refractivity contribution in [1.29, 1.82) is 0 Å². The van der Waals surface area contributed by atoms with Gasteiger partial charge in [0.1, 0.15) is 5.60 Å². The van der Waals surface area contributed by atoms with Crippen molar-refractivity contribution < 1.29 is 9.53 Å². The first kappa shape index (κ1) is 11.0. The summed E-state index contributed by atoms with van der Waals surface area (Å²) in [6.45, 7) is 1.75. The highest BCUT2D eigenvalue weighted by atomic mass is 79.9. The quantitative estimate of drug-likeness (QED) is 0.774. The molecule has 0 saturated carbocycles. The molecule has 5 heteroatoms. The van der Waals surface area contributed by atoms with Crippen LogP contribution < -0.4 is 10.6 Å². The van der Waals surface area contributed by atoms with E-state index in [0.717, 1.165) is 41.7 Å². The third kappa shape index (κ3) is 1.73. The van der Waals surface area contributed by atoms with Gasteiger partial charge in [0.25, 0.3) is 0 Å². The number of halogens is 1. The molecule has 1 fully saturated rings. The minimum atomic E-state index is -0.452. The zero-order valence-electron chi connectivity index (χ0n) is 9.25. The third-order valence-electron chi connectivity index (χ3n) is 3.43. The Hall–Kier alpha value is -1.07. The molecule has 2 heterocycles. The molecule has 2 N–H and O–H groups in total. The van der Waals surface area contributed by atoms with Gasteiger partial charge in [-0.2, -0.15) is 0 Å². The average molecular weight is 297 g/mol. The van der Waals surface area contributed by atoms with Gasteiger partial charge in [0.2, 0.25) is 0 Å². The smallest absolute Gasteiger partial charge is 0.412 e. The van der Waals surface area contributed by atoms with Crippen molar-refractivity contribution in [2.75, 3.05) is 18.4 Å². The SMILES string of the molecule is O=C1Nc2c(Br)cccc2C2(CCNCC2)O1. The highest BCUT2D eigenvalue weighted by Gasteiger charge is 2.43. The number of carbonyl (C=O) groups excluding carboxylic acids is 1. The summed E-state index contributed by atoms with van der Waals surface area (Å²) in [4.78, 5) is 11.7. The average Bonchev–Trinajstić information content (AvgIpc) is 2.32. The number of rotatable bonds is 0. The molecular weight excluding hydrogens is 284 g/mol. The summed E-state index contributed by atoms with van der Waals surface area (Å²) in [6.07, 6.45) is 1.29. The van der Waals surface area contributed by atoms with E-state index in [2.05, 4.69) is 26.6 Å². The maximum atomic E-state index is 11.7. The third-order valence-corrected chi connectivity index (χ3v) is 4.09. The van der Waals surface area contributed by atoms with Gasteiger partial charge in [0.15, 0.2) is 0 Å². The molecule has 0 aromatic heterocycles. The van der Waals surface area contributed by atoms with E-state index in [4.69, 9.17) is 4.74 Å². The number of fused-ring (bicyclic) bond motifs is 2. The number of para-hydroxylation sites is 1. The second-order valence-corrected chi connectivity index (χ2v) is 5.28. The zero-order valence-corrected chi connectivity index (χ0v) is 10.8. The number of nitrogens with one attached hydrogen (secondary N) is 2. The lowest BCUT2D eigenvalue weighted by molar-refractivity contribution is -0.0126. The van der Waals surface area contributed by atoms with Crippen LogP contribution in [0, 0.1) is 0 Å². The van der Waals surface area contributed by atoms with Gasteiger partial charge in [-0.25, -0.2) is 4.79 Å². The van der Waals surface area contributed by atoms with Crippen LogP contribution in [0.25, 0.3) is 0 Å². The maximum absolute atomic E-state index is 11.7. The van der Waals surface area contributed by atoms with E-state index in [9.17, 15) is 4.79 Å². The topological polar surface area (TPSA) is 50.4 Å². The fraction of sp³-hybridized carbons (Fsp3) is 0.417. The van der Waals surface area contributed by atoms with Gasteiger partial charge < -0.3 is 10.1 Å². The number of hydrogen-bond acceptors (Lipinski definition) is 3. The molecular formula is C12H13BrN2O2. The second kappa shape index (κ2) is 3.99. The minimum absolute atomic E-state index is 0.355. The number of benzene rings is 1. The van der Waals surface area contributed by atoms with Gasteiger partial charge in [0.05, 0.1) is 5.69 Å². The van der Waals surface area contributed by atoms with Crippen molar-refractivity contribution in [3.8, 4) is 0 Å². The van der Waals surface area contributed by atoms with Crippen LogP contribution in [0.3, 0.4) is 0 Å². The highest BCUT2D eigenvalue weighted by molar-refractivity contribution is 9.10. The number of amides is 1. The van der Waals surface area contributed by atoms with Crippen LogP contribution in [-0.4, -0.2) is 19.2 Å². The van der Waals surface area contributed by atoms with Crippen molar-refractivity contribution in [1.82, 2.24) is 5.32 Å². The number of anilines is 1. The molecule has 1 aromatic carbocycles. The predicted molar refractivity (Wildman–Crippen MR) is 68.0 cm³/mol. The van der Waals surface area contributed by atoms with Gasteiger partial charge in [0, 0.05) is 22.9 Å². The van der Waals surface area contributed by atoms with Crippen LogP contribution in [-0.2, 0) is 10.3 Å². The van der Waals surface area contributed by atoms with Crippen LogP contribution >= 0.6 is 15.9 Å². The molecule has 1 aromatic rings. The molecule has 0 unspecified atom stereocenters. The van der Waals surface area contributed by atoms with E-state index in [1.165, 1.54) is 0 Å². The van der Waals surface area contributed by atoms with E-state index >= 15 is 0 Å². The highest BCUT2D eigenvalue weighted by Crippen LogP contribution is 2.44. The monoisotopic (exact) mass is 296 g/mol. The van der Waals surface area contributed by atoms with E-state index in [0.29, 0.717) is 0 Å². The Labute approximate surface area is 108 Å². The Morgan fingerprint density at radius 2 is 2.06 bits per heavy atom. The lowest BCUT2D eigenvalue weighted by Crippen LogP contribution is -2.46. The molecule has 3 rings (SSSR count). The first-order valence-corrected chi connectivity index (χ1v) is 6.50. The molecule has 4 nitrogen and oxygen atoms in total. The lowest BCUT2D eigenvalue weighted by Gasteiger charge is -2.41. The molecule has 0 atom stereocenters. The normalized spacial score (nSPS) is 21.6. The summed E-state index contributed by atoms with van der Waals surface area (Å²) in [6, 6.07) is 5.94. The number of hydrogen-bond donors (Lipinski definition) is 2. The van der Waals surface area contributed by atoms with Crippen molar-refractivity contribution >= 4 is 27.7 Å².